The Balaban J connectivity index is 2.25. The number of benzene rings is 1. The summed E-state index contributed by atoms with van der Waals surface area (Å²) in [5.41, 5.74) is 1.88. The van der Waals surface area contributed by atoms with E-state index in [-0.39, 0.29) is 6.04 Å². The summed E-state index contributed by atoms with van der Waals surface area (Å²) >= 11 is 12.3. The number of nitrogens with zero attached hydrogens (tertiary/aromatic N) is 3. The van der Waals surface area contributed by atoms with E-state index in [1.165, 1.54) is 0 Å². The van der Waals surface area contributed by atoms with E-state index in [9.17, 15) is 0 Å². The molecule has 4 nitrogen and oxygen atoms in total. The number of aryl methyl sites for hydroxylation is 1. The molecule has 0 aliphatic heterocycles. The predicted molar refractivity (Wildman–Crippen MR) is 73.0 cm³/mol. The third-order valence-electron chi connectivity index (χ3n) is 2.77. The van der Waals surface area contributed by atoms with Crippen LogP contribution in [0, 0.1) is 0 Å². The van der Waals surface area contributed by atoms with Gasteiger partial charge in [0.1, 0.15) is 0 Å². The Morgan fingerprint density at radius 2 is 2.17 bits per heavy atom. The SMILES string of the molecule is CNC(Cc1cn(C)nn1)c1cccc(Cl)c1Cl. The first kappa shape index (κ1) is 13.3. The van der Waals surface area contributed by atoms with Crippen LogP contribution in [0.25, 0.3) is 0 Å². The van der Waals surface area contributed by atoms with Crippen molar-refractivity contribution >= 4 is 23.2 Å². The van der Waals surface area contributed by atoms with Gasteiger partial charge in [0.2, 0.25) is 0 Å². The summed E-state index contributed by atoms with van der Waals surface area (Å²) < 4.78 is 1.68. The van der Waals surface area contributed by atoms with Gasteiger partial charge in [-0.1, -0.05) is 40.5 Å². The van der Waals surface area contributed by atoms with E-state index in [0.717, 1.165) is 11.3 Å². The first-order valence-electron chi connectivity index (χ1n) is 5.58. The number of likely N-dealkylation sites (N-methyl/N-ethyl adjacent to an activating group) is 1. The van der Waals surface area contributed by atoms with Gasteiger partial charge in [-0.3, -0.25) is 4.68 Å². The predicted octanol–water partition coefficient (Wildman–Crippen LogP) is 2.63. The molecular formula is C12H14Cl2N4. The largest absolute Gasteiger partial charge is 0.313 e. The van der Waals surface area contributed by atoms with Crippen molar-refractivity contribution in [3.63, 3.8) is 0 Å². The number of hydrogen-bond donors (Lipinski definition) is 1. The van der Waals surface area contributed by atoms with Crippen molar-refractivity contribution in [2.75, 3.05) is 7.05 Å². The van der Waals surface area contributed by atoms with Crippen LogP contribution < -0.4 is 5.32 Å². The molecule has 0 aliphatic rings. The lowest BCUT2D eigenvalue weighted by atomic mass is 10.0. The molecule has 1 N–H and O–H groups in total. The Kier molecular flexibility index (Phi) is 4.22. The van der Waals surface area contributed by atoms with Crippen LogP contribution in [0.4, 0.5) is 0 Å². The van der Waals surface area contributed by atoms with Crippen LogP contribution in [-0.4, -0.2) is 22.0 Å². The fourth-order valence-corrected chi connectivity index (χ4v) is 2.29. The third-order valence-corrected chi connectivity index (χ3v) is 3.60. The van der Waals surface area contributed by atoms with Gasteiger partial charge < -0.3 is 5.32 Å². The molecule has 1 aromatic heterocycles. The maximum Gasteiger partial charge on any atom is 0.0845 e. The average Bonchev–Trinajstić information content (AvgIpc) is 2.76. The monoisotopic (exact) mass is 284 g/mol. The molecule has 96 valence electrons. The van der Waals surface area contributed by atoms with Crippen LogP contribution >= 0.6 is 23.2 Å². The first-order chi connectivity index (χ1) is 8.61. The zero-order chi connectivity index (χ0) is 13.1. The van der Waals surface area contributed by atoms with Crippen molar-refractivity contribution < 1.29 is 0 Å². The van der Waals surface area contributed by atoms with Crippen molar-refractivity contribution in [1.82, 2.24) is 20.3 Å². The highest BCUT2D eigenvalue weighted by atomic mass is 35.5. The molecule has 0 bridgehead atoms. The Morgan fingerprint density at radius 1 is 1.39 bits per heavy atom. The summed E-state index contributed by atoms with van der Waals surface area (Å²) in [5.74, 6) is 0. The summed E-state index contributed by atoms with van der Waals surface area (Å²) in [5, 5.41) is 12.4. The molecule has 1 atom stereocenters. The summed E-state index contributed by atoms with van der Waals surface area (Å²) in [6.07, 6.45) is 2.60. The molecule has 0 aliphatic carbocycles. The number of halogens is 2. The van der Waals surface area contributed by atoms with E-state index in [0.29, 0.717) is 16.5 Å². The van der Waals surface area contributed by atoms with Gasteiger partial charge in [-0.15, -0.1) is 5.10 Å². The number of nitrogens with one attached hydrogen (secondary N) is 1. The molecule has 0 amide bonds. The summed E-state index contributed by atoms with van der Waals surface area (Å²) in [4.78, 5) is 0. The van der Waals surface area contributed by atoms with Crippen LogP contribution in [0.1, 0.15) is 17.3 Å². The fraction of sp³-hybridized carbons (Fsp3) is 0.333. The van der Waals surface area contributed by atoms with Gasteiger partial charge in [0.25, 0.3) is 0 Å². The molecule has 0 fully saturated rings. The first-order valence-corrected chi connectivity index (χ1v) is 6.33. The summed E-state index contributed by atoms with van der Waals surface area (Å²) in [6.45, 7) is 0. The topological polar surface area (TPSA) is 42.7 Å². The van der Waals surface area contributed by atoms with E-state index in [1.54, 1.807) is 10.7 Å². The van der Waals surface area contributed by atoms with Crippen LogP contribution in [0.5, 0.6) is 0 Å². The van der Waals surface area contributed by atoms with Gasteiger partial charge in [0.05, 0.1) is 15.7 Å². The Morgan fingerprint density at radius 3 is 2.78 bits per heavy atom. The molecule has 0 spiro atoms. The van der Waals surface area contributed by atoms with Gasteiger partial charge in [0, 0.05) is 25.7 Å². The minimum absolute atomic E-state index is 0.0629. The van der Waals surface area contributed by atoms with E-state index in [1.807, 2.05) is 32.4 Å². The van der Waals surface area contributed by atoms with Crippen molar-refractivity contribution in [3.8, 4) is 0 Å². The highest BCUT2D eigenvalue weighted by Gasteiger charge is 2.16. The van der Waals surface area contributed by atoms with Crippen LogP contribution in [0.2, 0.25) is 10.0 Å². The van der Waals surface area contributed by atoms with E-state index in [2.05, 4.69) is 15.6 Å². The third kappa shape index (κ3) is 2.83. The maximum absolute atomic E-state index is 6.22. The van der Waals surface area contributed by atoms with Crippen molar-refractivity contribution in [2.45, 2.75) is 12.5 Å². The Labute approximate surface area is 116 Å². The lowest BCUT2D eigenvalue weighted by Gasteiger charge is -2.17. The molecule has 1 unspecified atom stereocenters. The summed E-state index contributed by atoms with van der Waals surface area (Å²) in [6, 6.07) is 5.70. The van der Waals surface area contributed by atoms with Crippen molar-refractivity contribution in [3.05, 3.63) is 45.7 Å². The smallest absolute Gasteiger partial charge is 0.0845 e. The normalized spacial score (nSPS) is 12.7. The Hall–Kier alpha value is -1.10. The van der Waals surface area contributed by atoms with Gasteiger partial charge >= 0.3 is 0 Å². The zero-order valence-electron chi connectivity index (χ0n) is 10.2. The standard InChI is InChI=1S/C12H14Cl2N4/c1-15-11(6-8-7-18(2)17-16-8)9-4-3-5-10(13)12(9)14/h3-5,7,11,15H,6H2,1-2H3. The fourth-order valence-electron chi connectivity index (χ4n) is 1.86. The molecule has 6 heteroatoms. The van der Waals surface area contributed by atoms with E-state index >= 15 is 0 Å². The molecular weight excluding hydrogens is 271 g/mol. The minimum Gasteiger partial charge on any atom is -0.313 e. The average molecular weight is 285 g/mol. The highest BCUT2D eigenvalue weighted by molar-refractivity contribution is 6.42. The highest BCUT2D eigenvalue weighted by Crippen LogP contribution is 2.31. The molecule has 0 saturated heterocycles. The molecule has 18 heavy (non-hydrogen) atoms. The van der Waals surface area contributed by atoms with E-state index < -0.39 is 0 Å². The number of hydrogen-bond acceptors (Lipinski definition) is 3. The molecule has 0 saturated carbocycles. The van der Waals surface area contributed by atoms with Gasteiger partial charge in [-0.2, -0.15) is 0 Å². The molecule has 1 heterocycles. The minimum atomic E-state index is 0.0629. The van der Waals surface area contributed by atoms with Crippen molar-refractivity contribution in [2.24, 2.45) is 7.05 Å². The van der Waals surface area contributed by atoms with Gasteiger partial charge in [-0.05, 0) is 18.7 Å². The lowest BCUT2D eigenvalue weighted by molar-refractivity contribution is 0.583. The maximum atomic E-state index is 6.22. The van der Waals surface area contributed by atoms with Crippen LogP contribution in [-0.2, 0) is 13.5 Å². The second-order valence-electron chi connectivity index (χ2n) is 4.07. The quantitative estimate of drug-likeness (QED) is 0.939. The molecule has 0 radical (unpaired) electrons. The van der Waals surface area contributed by atoms with E-state index in [4.69, 9.17) is 23.2 Å². The molecule has 1 aromatic carbocycles. The molecule has 2 aromatic rings. The van der Waals surface area contributed by atoms with Crippen molar-refractivity contribution in [1.29, 1.82) is 0 Å². The van der Waals surface area contributed by atoms with Crippen LogP contribution in [0.3, 0.4) is 0 Å². The Bertz CT molecular complexity index is 539. The van der Waals surface area contributed by atoms with Crippen LogP contribution in [0.15, 0.2) is 24.4 Å². The molecule has 2 rings (SSSR count). The second-order valence-corrected chi connectivity index (χ2v) is 4.86. The lowest BCUT2D eigenvalue weighted by Crippen LogP contribution is -2.19. The zero-order valence-corrected chi connectivity index (χ0v) is 11.7. The second kappa shape index (κ2) is 5.69. The number of aromatic nitrogens is 3. The number of rotatable bonds is 4. The van der Waals surface area contributed by atoms with Gasteiger partial charge in [-0.25, -0.2) is 0 Å². The van der Waals surface area contributed by atoms with Gasteiger partial charge in [0.15, 0.2) is 0 Å². The summed E-state index contributed by atoms with van der Waals surface area (Å²) in [7, 11) is 3.73.